The summed E-state index contributed by atoms with van der Waals surface area (Å²) in [5.74, 6) is 1.68. The van der Waals surface area contributed by atoms with E-state index in [9.17, 15) is 0 Å². The molecule has 0 bridgehead atoms. The molecule has 4 rings (SSSR count). The normalized spacial score (nSPS) is 20.0. The zero-order chi connectivity index (χ0) is 14.2. The largest absolute Gasteiger partial charge is 0.486 e. The fourth-order valence-corrected chi connectivity index (χ4v) is 4.83. The molecular formula is C16H16BrNO2S. The Hall–Kier alpha value is -1.20. The Morgan fingerprint density at radius 1 is 1.14 bits per heavy atom. The smallest absolute Gasteiger partial charge is 0.163 e. The molecule has 21 heavy (non-hydrogen) atoms. The van der Waals surface area contributed by atoms with Gasteiger partial charge in [0.2, 0.25) is 0 Å². The fraction of sp³-hybridized carbons (Fsp3) is 0.375. The number of fused-ring (bicyclic) bond motifs is 2. The topological polar surface area (TPSA) is 30.5 Å². The molecule has 1 aromatic heterocycles. The van der Waals surface area contributed by atoms with Crippen LogP contribution in [0.2, 0.25) is 0 Å². The van der Waals surface area contributed by atoms with Gasteiger partial charge in [0.15, 0.2) is 11.5 Å². The molecule has 3 nitrogen and oxygen atoms in total. The molecule has 0 radical (unpaired) electrons. The second-order valence-electron chi connectivity index (χ2n) is 5.38. The van der Waals surface area contributed by atoms with E-state index in [0.717, 1.165) is 17.2 Å². The first-order chi connectivity index (χ1) is 10.3. The summed E-state index contributed by atoms with van der Waals surface area (Å²) >= 11 is 5.47. The van der Waals surface area contributed by atoms with Crippen molar-refractivity contribution in [1.82, 2.24) is 0 Å². The second-order valence-corrected chi connectivity index (χ2v) is 7.89. The van der Waals surface area contributed by atoms with E-state index in [0.29, 0.717) is 19.3 Å². The van der Waals surface area contributed by atoms with Crippen LogP contribution in [0, 0.1) is 0 Å². The van der Waals surface area contributed by atoms with Gasteiger partial charge in [-0.3, -0.25) is 0 Å². The van der Waals surface area contributed by atoms with Crippen LogP contribution in [0.1, 0.15) is 29.3 Å². The van der Waals surface area contributed by atoms with Crippen LogP contribution in [0.3, 0.4) is 0 Å². The second kappa shape index (κ2) is 5.54. The monoisotopic (exact) mass is 365 g/mol. The summed E-state index contributed by atoms with van der Waals surface area (Å²) < 4.78 is 12.5. The number of ether oxygens (including phenoxy) is 2. The van der Waals surface area contributed by atoms with Crippen LogP contribution in [0.4, 0.5) is 5.69 Å². The number of hydrogen-bond donors (Lipinski definition) is 1. The number of benzene rings is 1. The van der Waals surface area contributed by atoms with Gasteiger partial charge in [0, 0.05) is 16.6 Å². The molecule has 110 valence electrons. The van der Waals surface area contributed by atoms with E-state index >= 15 is 0 Å². The number of halogens is 1. The average molecular weight is 366 g/mol. The number of nitrogens with one attached hydrogen (secondary N) is 1. The number of rotatable bonds is 2. The third-order valence-electron chi connectivity index (χ3n) is 3.97. The van der Waals surface area contributed by atoms with E-state index in [1.54, 1.807) is 0 Å². The highest BCUT2D eigenvalue weighted by molar-refractivity contribution is 9.11. The summed E-state index contributed by atoms with van der Waals surface area (Å²) in [6.45, 7) is 1.26. The van der Waals surface area contributed by atoms with Crippen molar-refractivity contribution in [2.45, 2.75) is 25.3 Å². The van der Waals surface area contributed by atoms with E-state index in [1.807, 2.05) is 23.5 Å². The van der Waals surface area contributed by atoms with Gasteiger partial charge < -0.3 is 14.8 Å². The highest BCUT2D eigenvalue weighted by atomic mass is 79.9. The minimum atomic E-state index is 0.388. The SMILES string of the molecule is Brc1cc2c(s1)CCCC2Nc1ccc2c(c1)OCCO2. The van der Waals surface area contributed by atoms with Crippen LogP contribution in [-0.4, -0.2) is 13.2 Å². The Bertz CT molecular complexity index is 670. The van der Waals surface area contributed by atoms with Gasteiger partial charge in [-0.05, 0) is 59.0 Å². The van der Waals surface area contributed by atoms with Crippen LogP contribution < -0.4 is 14.8 Å². The van der Waals surface area contributed by atoms with E-state index in [2.05, 4.69) is 33.4 Å². The van der Waals surface area contributed by atoms with Crippen LogP contribution in [0.5, 0.6) is 11.5 Å². The summed E-state index contributed by atoms with van der Waals surface area (Å²) in [7, 11) is 0. The lowest BCUT2D eigenvalue weighted by Gasteiger charge is -2.25. The van der Waals surface area contributed by atoms with Gasteiger partial charge in [0.1, 0.15) is 13.2 Å². The summed E-state index contributed by atoms with van der Waals surface area (Å²) in [4.78, 5) is 1.50. The molecule has 2 heterocycles. The molecule has 0 saturated carbocycles. The third-order valence-corrected chi connectivity index (χ3v) is 5.68. The van der Waals surface area contributed by atoms with Crippen molar-refractivity contribution in [1.29, 1.82) is 0 Å². The first kappa shape index (κ1) is 13.5. The highest BCUT2D eigenvalue weighted by Crippen LogP contribution is 2.40. The van der Waals surface area contributed by atoms with Crippen molar-refractivity contribution in [2.75, 3.05) is 18.5 Å². The summed E-state index contributed by atoms with van der Waals surface area (Å²) in [6.07, 6.45) is 3.61. The molecule has 1 unspecified atom stereocenters. The van der Waals surface area contributed by atoms with E-state index in [1.165, 1.54) is 33.5 Å². The lowest BCUT2D eigenvalue weighted by molar-refractivity contribution is 0.171. The van der Waals surface area contributed by atoms with E-state index < -0.39 is 0 Å². The maximum Gasteiger partial charge on any atom is 0.163 e. The van der Waals surface area contributed by atoms with Gasteiger partial charge >= 0.3 is 0 Å². The van der Waals surface area contributed by atoms with Crippen molar-refractivity contribution in [2.24, 2.45) is 0 Å². The maximum atomic E-state index is 5.66. The Labute approximate surface area is 136 Å². The van der Waals surface area contributed by atoms with E-state index in [4.69, 9.17) is 9.47 Å². The minimum absolute atomic E-state index is 0.388. The van der Waals surface area contributed by atoms with Crippen molar-refractivity contribution < 1.29 is 9.47 Å². The lowest BCUT2D eigenvalue weighted by Crippen LogP contribution is -2.17. The molecule has 1 N–H and O–H groups in total. The third kappa shape index (κ3) is 2.64. The van der Waals surface area contributed by atoms with Crippen molar-refractivity contribution in [3.05, 3.63) is 38.5 Å². The fourth-order valence-electron chi connectivity index (χ4n) is 3.01. The lowest BCUT2D eigenvalue weighted by atomic mass is 9.94. The molecule has 0 amide bonds. The van der Waals surface area contributed by atoms with Gasteiger partial charge in [0.05, 0.1) is 9.83 Å². The summed E-state index contributed by atoms with van der Waals surface area (Å²) in [6, 6.07) is 8.76. The van der Waals surface area contributed by atoms with Gasteiger partial charge in [-0.1, -0.05) is 0 Å². The summed E-state index contributed by atoms with van der Waals surface area (Å²) in [5.41, 5.74) is 2.53. The highest BCUT2D eigenvalue weighted by Gasteiger charge is 2.23. The number of aryl methyl sites for hydroxylation is 1. The van der Waals surface area contributed by atoms with Crippen LogP contribution >= 0.6 is 27.3 Å². The van der Waals surface area contributed by atoms with Gasteiger partial charge in [-0.15, -0.1) is 11.3 Å². The molecule has 1 aromatic carbocycles. The average Bonchev–Trinajstić information content (AvgIpc) is 2.89. The van der Waals surface area contributed by atoms with Crippen molar-refractivity contribution in [3.63, 3.8) is 0 Å². The zero-order valence-electron chi connectivity index (χ0n) is 11.5. The number of hydrogen-bond acceptors (Lipinski definition) is 4. The van der Waals surface area contributed by atoms with Crippen molar-refractivity contribution >= 4 is 33.0 Å². The molecule has 0 fully saturated rings. The Morgan fingerprint density at radius 2 is 2.00 bits per heavy atom. The van der Waals surface area contributed by atoms with Crippen LogP contribution in [0.15, 0.2) is 28.1 Å². The molecule has 1 aliphatic heterocycles. The predicted molar refractivity (Wildman–Crippen MR) is 88.8 cm³/mol. The molecule has 0 spiro atoms. The zero-order valence-corrected chi connectivity index (χ0v) is 13.9. The molecule has 5 heteroatoms. The summed E-state index contributed by atoms with van der Waals surface area (Å²) in [5, 5.41) is 3.65. The predicted octanol–water partition coefficient (Wildman–Crippen LogP) is 4.77. The van der Waals surface area contributed by atoms with Crippen LogP contribution in [0.25, 0.3) is 0 Å². The molecule has 1 atom stereocenters. The molecular weight excluding hydrogens is 350 g/mol. The first-order valence-electron chi connectivity index (χ1n) is 7.24. The Kier molecular flexibility index (Phi) is 3.55. The molecule has 1 aliphatic carbocycles. The van der Waals surface area contributed by atoms with Crippen LogP contribution in [-0.2, 0) is 6.42 Å². The van der Waals surface area contributed by atoms with E-state index in [-0.39, 0.29) is 0 Å². The number of thiophene rings is 1. The molecule has 2 aromatic rings. The maximum absolute atomic E-state index is 5.66. The van der Waals surface area contributed by atoms with Crippen molar-refractivity contribution in [3.8, 4) is 11.5 Å². The minimum Gasteiger partial charge on any atom is -0.486 e. The van der Waals surface area contributed by atoms with Gasteiger partial charge in [-0.2, -0.15) is 0 Å². The quantitative estimate of drug-likeness (QED) is 0.831. The standard InChI is InChI=1S/C16H16BrNO2S/c17-16-9-11-12(2-1-3-15(11)21-16)18-10-4-5-13-14(8-10)20-7-6-19-13/h4-5,8-9,12,18H,1-3,6-7H2. The number of anilines is 1. The van der Waals surface area contributed by atoms with Gasteiger partial charge in [0.25, 0.3) is 0 Å². The Morgan fingerprint density at radius 3 is 2.90 bits per heavy atom. The Balaban J connectivity index is 1.59. The molecule has 0 saturated heterocycles. The first-order valence-corrected chi connectivity index (χ1v) is 8.85. The molecule has 2 aliphatic rings. The van der Waals surface area contributed by atoms with Gasteiger partial charge in [-0.25, -0.2) is 0 Å².